The molecule has 3 nitrogen and oxygen atoms in total. The third-order valence-corrected chi connectivity index (χ3v) is 2.69. The van der Waals surface area contributed by atoms with Crippen LogP contribution in [0, 0.1) is 3.70 Å². The topological polar surface area (TPSA) is 48.9 Å². The van der Waals surface area contributed by atoms with E-state index in [0.717, 1.165) is 14.6 Å². The summed E-state index contributed by atoms with van der Waals surface area (Å²) < 4.78 is 0.899. The second-order valence-corrected chi connectivity index (χ2v) is 3.71. The van der Waals surface area contributed by atoms with Crippen molar-refractivity contribution < 1.29 is 5.11 Å². The standard InChI is InChI=1S/C9H7IN2O/c1-5(13)6-3-2-4-7-8(6)11-12-9(7)10/h2-4,13H,1H2,(H,11,12). The molecule has 2 aromatic rings. The van der Waals surface area contributed by atoms with Crippen LogP contribution < -0.4 is 0 Å². The van der Waals surface area contributed by atoms with E-state index in [9.17, 15) is 5.11 Å². The van der Waals surface area contributed by atoms with Crippen molar-refractivity contribution in [1.82, 2.24) is 10.2 Å². The van der Waals surface area contributed by atoms with Gasteiger partial charge in [-0.05, 0) is 28.7 Å². The lowest BCUT2D eigenvalue weighted by Gasteiger charge is -1.98. The predicted octanol–water partition coefficient (Wildman–Crippen LogP) is 2.70. The molecule has 2 rings (SSSR count). The van der Waals surface area contributed by atoms with E-state index < -0.39 is 0 Å². The summed E-state index contributed by atoms with van der Waals surface area (Å²) in [4.78, 5) is 0. The maximum atomic E-state index is 9.29. The fourth-order valence-electron chi connectivity index (χ4n) is 1.25. The van der Waals surface area contributed by atoms with Crippen LogP contribution in [0.5, 0.6) is 0 Å². The average molecular weight is 286 g/mol. The molecule has 0 amide bonds. The number of halogens is 1. The number of rotatable bonds is 1. The fraction of sp³-hybridized carbons (Fsp3) is 0. The van der Waals surface area contributed by atoms with Crippen LogP contribution in [0.2, 0.25) is 0 Å². The minimum Gasteiger partial charge on any atom is -0.508 e. The molecule has 2 N–H and O–H groups in total. The van der Waals surface area contributed by atoms with E-state index in [-0.39, 0.29) is 5.76 Å². The van der Waals surface area contributed by atoms with Crippen LogP contribution in [-0.2, 0) is 0 Å². The van der Waals surface area contributed by atoms with E-state index in [4.69, 9.17) is 0 Å². The van der Waals surface area contributed by atoms with Crippen molar-refractivity contribution in [2.75, 3.05) is 0 Å². The molecule has 0 unspecified atom stereocenters. The van der Waals surface area contributed by atoms with Gasteiger partial charge in [-0.25, -0.2) is 0 Å². The Hall–Kier alpha value is -1.04. The maximum absolute atomic E-state index is 9.29. The molecule has 0 radical (unpaired) electrons. The van der Waals surface area contributed by atoms with Gasteiger partial charge in [0.25, 0.3) is 0 Å². The highest BCUT2D eigenvalue weighted by molar-refractivity contribution is 14.1. The Kier molecular flexibility index (Phi) is 1.99. The first-order chi connectivity index (χ1) is 6.20. The lowest BCUT2D eigenvalue weighted by Crippen LogP contribution is -1.82. The summed E-state index contributed by atoms with van der Waals surface area (Å²) in [5.74, 6) is 0.0608. The highest BCUT2D eigenvalue weighted by atomic mass is 127. The van der Waals surface area contributed by atoms with Crippen LogP contribution in [0.15, 0.2) is 24.8 Å². The minimum atomic E-state index is 0.0608. The van der Waals surface area contributed by atoms with Crippen molar-refractivity contribution in [3.63, 3.8) is 0 Å². The first-order valence-electron chi connectivity index (χ1n) is 3.71. The van der Waals surface area contributed by atoms with Gasteiger partial charge >= 0.3 is 0 Å². The summed E-state index contributed by atoms with van der Waals surface area (Å²) in [6, 6.07) is 5.63. The number of aliphatic hydroxyl groups excluding tert-OH is 1. The second-order valence-electron chi connectivity index (χ2n) is 2.69. The van der Waals surface area contributed by atoms with Crippen molar-refractivity contribution in [2.45, 2.75) is 0 Å². The molecule has 0 spiro atoms. The van der Waals surface area contributed by atoms with Crippen LogP contribution in [0.1, 0.15) is 5.56 Å². The number of para-hydroxylation sites is 1. The van der Waals surface area contributed by atoms with Gasteiger partial charge < -0.3 is 5.11 Å². The van der Waals surface area contributed by atoms with Crippen molar-refractivity contribution in [3.05, 3.63) is 34.0 Å². The van der Waals surface area contributed by atoms with Gasteiger partial charge in [-0.3, -0.25) is 5.10 Å². The maximum Gasteiger partial charge on any atom is 0.130 e. The smallest absolute Gasteiger partial charge is 0.130 e. The molecule has 4 heteroatoms. The van der Waals surface area contributed by atoms with Gasteiger partial charge in [0.05, 0.1) is 5.52 Å². The predicted molar refractivity (Wildman–Crippen MR) is 60.5 cm³/mol. The van der Waals surface area contributed by atoms with Crippen LogP contribution in [0.3, 0.4) is 0 Å². The number of hydrogen-bond donors (Lipinski definition) is 2. The Morgan fingerprint density at radius 3 is 3.00 bits per heavy atom. The lowest BCUT2D eigenvalue weighted by molar-refractivity contribution is 0.514. The molecule has 0 aliphatic rings. The van der Waals surface area contributed by atoms with Gasteiger partial charge in [0.2, 0.25) is 0 Å². The van der Waals surface area contributed by atoms with Crippen LogP contribution in [-0.4, -0.2) is 15.3 Å². The number of benzene rings is 1. The zero-order chi connectivity index (χ0) is 9.42. The van der Waals surface area contributed by atoms with Gasteiger partial charge in [0, 0.05) is 10.9 Å². The number of H-pyrrole nitrogens is 1. The van der Waals surface area contributed by atoms with Gasteiger partial charge in [0.1, 0.15) is 9.46 Å². The number of nitrogens with one attached hydrogen (secondary N) is 1. The molecule has 0 saturated heterocycles. The summed E-state index contributed by atoms with van der Waals surface area (Å²) in [7, 11) is 0. The third-order valence-electron chi connectivity index (χ3n) is 1.86. The monoisotopic (exact) mass is 286 g/mol. The zero-order valence-corrected chi connectivity index (χ0v) is 8.87. The molecule has 1 aromatic carbocycles. The van der Waals surface area contributed by atoms with E-state index in [1.165, 1.54) is 0 Å². The van der Waals surface area contributed by atoms with Crippen molar-refractivity contribution >= 4 is 39.3 Å². The third kappa shape index (κ3) is 1.31. The number of aliphatic hydroxyl groups is 1. The fourth-order valence-corrected chi connectivity index (χ4v) is 1.82. The highest BCUT2D eigenvalue weighted by Crippen LogP contribution is 2.23. The highest BCUT2D eigenvalue weighted by Gasteiger charge is 2.07. The van der Waals surface area contributed by atoms with Crippen LogP contribution in [0.4, 0.5) is 0 Å². The first-order valence-corrected chi connectivity index (χ1v) is 4.79. The lowest BCUT2D eigenvalue weighted by atomic mass is 10.1. The van der Waals surface area contributed by atoms with Crippen molar-refractivity contribution in [1.29, 1.82) is 0 Å². The number of nitrogens with zero attached hydrogens (tertiary/aromatic N) is 1. The van der Waals surface area contributed by atoms with Crippen molar-refractivity contribution in [2.24, 2.45) is 0 Å². The molecule has 13 heavy (non-hydrogen) atoms. The van der Waals surface area contributed by atoms with E-state index >= 15 is 0 Å². The Morgan fingerprint density at radius 1 is 1.54 bits per heavy atom. The zero-order valence-electron chi connectivity index (χ0n) is 6.71. The average Bonchev–Trinajstić information content (AvgIpc) is 2.48. The summed E-state index contributed by atoms with van der Waals surface area (Å²) in [5.41, 5.74) is 1.53. The SMILES string of the molecule is C=C(O)c1cccc2c(I)n[nH]c12. The van der Waals surface area contributed by atoms with Gasteiger partial charge in [-0.1, -0.05) is 18.7 Å². The number of fused-ring (bicyclic) bond motifs is 1. The molecule has 0 bridgehead atoms. The minimum absolute atomic E-state index is 0.0608. The molecule has 0 saturated carbocycles. The molecule has 0 aliphatic heterocycles. The molecule has 0 aliphatic carbocycles. The van der Waals surface area contributed by atoms with E-state index in [0.29, 0.717) is 5.56 Å². The second kappa shape index (κ2) is 3.02. The molecule has 66 valence electrons. The summed E-state index contributed by atoms with van der Waals surface area (Å²) in [5, 5.41) is 17.2. The number of hydrogen-bond acceptors (Lipinski definition) is 2. The Morgan fingerprint density at radius 2 is 2.31 bits per heavy atom. The normalized spacial score (nSPS) is 10.5. The van der Waals surface area contributed by atoms with E-state index in [1.54, 1.807) is 6.07 Å². The Bertz CT molecular complexity index is 475. The van der Waals surface area contributed by atoms with Gasteiger partial charge in [-0.15, -0.1) is 0 Å². The summed E-state index contributed by atoms with van der Waals surface area (Å²) in [6.45, 7) is 3.49. The Balaban J connectivity index is 2.84. The Labute approximate surface area is 88.6 Å². The molecule has 0 fully saturated rings. The van der Waals surface area contributed by atoms with Crippen molar-refractivity contribution in [3.8, 4) is 0 Å². The van der Waals surface area contributed by atoms with Gasteiger partial charge in [0.15, 0.2) is 0 Å². The van der Waals surface area contributed by atoms with Gasteiger partial charge in [-0.2, -0.15) is 5.10 Å². The summed E-state index contributed by atoms with van der Waals surface area (Å²) in [6.07, 6.45) is 0. The molecule has 1 aromatic heterocycles. The van der Waals surface area contributed by atoms with Crippen LogP contribution >= 0.6 is 22.6 Å². The molecular formula is C9H7IN2O. The number of aromatic nitrogens is 2. The summed E-state index contributed by atoms with van der Waals surface area (Å²) >= 11 is 2.14. The van der Waals surface area contributed by atoms with E-state index in [1.807, 2.05) is 12.1 Å². The number of aromatic amines is 1. The first kappa shape index (κ1) is 8.55. The quantitative estimate of drug-likeness (QED) is 0.625. The molecule has 1 heterocycles. The molecule has 0 atom stereocenters. The van der Waals surface area contributed by atoms with Crippen LogP contribution in [0.25, 0.3) is 16.7 Å². The largest absolute Gasteiger partial charge is 0.508 e. The van der Waals surface area contributed by atoms with E-state index in [2.05, 4.69) is 39.4 Å². The molecular weight excluding hydrogens is 279 g/mol.